The lowest BCUT2D eigenvalue weighted by Gasteiger charge is -2.10. The molecule has 3 rings (SSSR count). The Balaban J connectivity index is 1.75. The molecule has 0 aliphatic carbocycles. The molecule has 6 nitrogen and oxygen atoms in total. The number of halogens is 2. The second-order valence-electron chi connectivity index (χ2n) is 5.15. The Morgan fingerprint density at radius 2 is 2.00 bits per heavy atom. The van der Waals surface area contributed by atoms with E-state index in [1.165, 1.54) is 35.8 Å². The maximum Gasteiger partial charge on any atom is 0.341 e. The largest absolute Gasteiger partial charge is 0.462 e. The number of rotatable bonds is 6. The predicted molar refractivity (Wildman–Crippen MR) is 91.8 cm³/mol. The van der Waals surface area contributed by atoms with Gasteiger partial charge in [0.25, 0.3) is 0 Å². The Kier molecular flexibility index (Phi) is 5.14. The van der Waals surface area contributed by atoms with Gasteiger partial charge in [-0.1, -0.05) is 12.1 Å². The number of aromatic nitrogens is 1. The first-order valence-corrected chi connectivity index (χ1v) is 9.70. The molecule has 0 atom stereocenters. The Hall–Kier alpha value is -2.59. The van der Waals surface area contributed by atoms with E-state index in [4.69, 9.17) is 4.42 Å². The molecule has 26 heavy (non-hydrogen) atoms. The molecule has 0 aliphatic heterocycles. The summed E-state index contributed by atoms with van der Waals surface area (Å²) < 4.78 is 54.2. The van der Waals surface area contributed by atoms with Gasteiger partial charge in [0.1, 0.15) is 0 Å². The molecule has 0 aliphatic rings. The molecular weight excluding hydrogens is 386 g/mol. The number of amides is 1. The normalized spacial score (nSPS) is 11.7. The van der Waals surface area contributed by atoms with E-state index in [0.717, 1.165) is 6.07 Å². The molecule has 1 N–H and O–H groups in total. The van der Waals surface area contributed by atoms with E-state index in [1.807, 2.05) is 0 Å². The molecule has 0 unspecified atom stereocenters. The van der Waals surface area contributed by atoms with Gasteiger partial charge in [0, 0.05) is 5.38 Å². The van der Waals surface area contributed by atoms with Gasteiger partial charge < -0.3 is 9.73 Å². The number of nitrogens with one attached hydrogen (secondary N) is 1. The summed E-state index contributed by atoms with van der Waals surface area (Å²) in [6, 6.07) is 8.47. The van der Waals surface area contributed by atoms with Crippen molar-refractivity contribution in [3.8, 4) is 10.8 Å². The number of carbonyl (C=O) groups excluding carboxylic acids is 1. The van der Waals surface area contributed by atoms with Crippen LogP contribution in [0, 0.1) is 0 Å². The zero-order valence-electron chi connectivity index (χ0n) is 13.1. The minimum atomic E-state index is -4.83. The third-order valence-corrected chi connectivity index (χ3v) is 5.67. The van der Waals surface area contributed by atoms with Crippen LogP contribution in [0.5, 0.6) is 0 Å². The van der Waals surface area contributed by atoms with E-state index >= 15 is 0 Å². The number of nitrogens with zero attached hydrogens (tertiary/aromatic N) is 1. The number of benzene rings is 1. The molecule has 10 heteroatoms. The number of sulfone groups is 1. The van der Waals surface area contributed by atoms with Crippen molar-refractivity contribution in [2.24, 2.45) is 0 Å². The quantitative estimate of drug-likeness (QED) is 0.686. The van der Waals surface area contributed by atoms with Crippen LogP contribution >= 0.6 is 11.3 Å². The SMILES string of the molecule is O=C(Cc1csc(-c2ccco2)n1)Nc1ccccc1S(=O)(=O)C(F)F. The second-order valence-corrected chi connectivity index (χ2v) is 7.89. The summed E-state index contributed by atoms with van der Waals surface area (Å²) in [6.07, 6.45) is 1.36. The number of para-hydroxylation sites is 1. The lowest BCUT2D eigenvalue weighted by atomic mass is 10.3. The van der Waals surface area contributed by atoms with Crippen LogP contribution in [0.15, 0.2) is 57.4 Å². The van der Waals surface area contributed by atoms with Crippen molar-refractivity contribution in [1.82, 2.24) is 4.98 Å². The summed E-state index contributed by atoms with van der Waals surface area (Å²) >= 11 is 1.29. The standard InChI is InChI=1S/C16H12F2N2O4S2/c17-16(18)26(22,23)13-6-2-1-4-11(13)20-14(21)8-10-9-25-15(19-10)12-5-3-7-24-12/h1-7,9,16H,8H2,(H,20,21). The second kappa shape index (κ2) is 7.34. The number of anilines is 1. The molecular formula is C16H12F2N2O4S2. The highest BCUT2D eigenvalue weighted by molar-refractivity contribution is 7.91. The van der Waals surface area contributed by atoms with Crippen LogP contribution in [0.2, 0.25) is 0 Å². The fourth-order valence-electron chi connectivity index (χ4n) is 2.17. The molecule has 0 bridgehead atoms. The molecule has 1 aromatic carbocycles. The lowest BCUT2D eigenvalue weighted by molar-refractivity contribution is -0.115. The summed E-state index contributed by atoms with van der Waals surface area (Å²) in [6.45, 7) is 0. The molecule has 136 valence electrons. The van der Waals surface area contributed by atoms with Crippen LogP contribution in [-0.2, 0) is 21.1 Å². The first-order chi connectivity index (χ1) is 12.4. The van der Waals surface area contributed by atoms with E-state index in [1.54, 1.807) is 17.5 Å². The molecule has 3 aromatic rings. The average molecular weight is 398 g/mol. The van der Waals surface area contributed by atoms with Crippen molar-refractivity contribution < 1.29 is 26.4 Å². The fraction of sp³-hybridized carbons (Fsp3) is 0.125. The molecule has 0 spiro atoms. The zero-order valence-corrected chi connectivity index (χ0v) is 14.7. The number of alkyl halides is 2. The van der Waals surface area contributed by atoms with Crippen LogP contribution in [0.4, 0.5) is 14.5 Å². The summed E-state index contributed by atoms with van der Waals surface area (Å²) in [7, 11) is -4.83. The molecule has 0 saturated carbocycles. The molecule has 2 aromatic heterocycles. The summed E-state index contributed by atoms with van der Waals surface area (Å²) in [4.78, 5) is 15.8. The fourth-order valence-corrected chi connectivity index (χ4v) is 3.85. The third-order valence-electron chi connectivity index (χ3n) is 3.33. The van der Waals surface area contributed by atoms with Gasteiger partial charge in [0.05, 0.1) is 29.0 Å². The van der Waals surface area contributed by atoms with Gasteiger partial charge in [-0.15, -0.1) is 11.3 Å². The maximum absolute atomic E-state index is 12.8. The van der Waals surface area contributed by atoms with E-state index < -0.39 is 26.4 Å². The maximum atomic E-state index is 12.8. The smallest absolute Gasteiger partial charge is 0.341 e. The third kappa shape index (κ3) is 3.81. The monoisotopic (exact) mass is 398 g/mol. The molecule has 2 heterocycles. The van der Waals surface area contributed by atoms with E-state index in [0.29, 0.717) is 16.5 Å². The number of hydrogen-bond acceptors (Lipinski definition) is 6. The highest BCUT2D eigenvalue weighted by Crippen LogP contribution is 2.27. The van der Waals surface area contributed by atoms with E-state index in [9.17, 15) is 22.0 Å². The Morgan fingerprint density at radius 3 is 2.69 bits per heavy atom. The topological polar surface area (TPSA) is 89.3 Å². The Labute approximate surface area is 151 Å². The van der Waals surface area contributed by atoms with Crippen molar-refractivity contribution in [3.05, 3.63) is 53.7 Å². The van der Waals surface area contributed by atoms with Crippen molar-refractivity contribution >= 4 is 32.8 Å². The zero-order chi connectivity index (χ0) is 18.7. The van der Waals surface area contributed by atoms with Gasteiger partial charge in [-0.3, -0.25) is 4.79 Å². The van der Waals surface area contributed by atoms with Gasteiger partial charge in [-0.25, -0.2) is 13.4 Å². The van der Waals surface area contributed by atoms with Gasteiger partial charge in [0.15, 0.2) is 10.8 Å². The van der Waals surface area contributed by atoms with E-state index in [2.05, 4.69) is 10.3 Å². The Bertz CT molecular complexity index is 1010. The van der Waals surface area contributed by atoms with Crippen LogP contribution in [-0.4, -0.2) is 25.1 Å². The van der Waals surface area contributed by atoms with Crippen molar-refractivity contribution in [1.29, 1.82) is 0 Å². The van der Waals surface area contributed by atoms with Gasteiger partial charge >= 0.3 is 5.76 Å². The minimum absolute atomic E-state index is 0.139. The molecule has 1 amide bonds. The number of hydrogen-bond donors (Lipinski definition) is 1. The predicted octanol–water partition coefficient (Wildman–Crippen LogP) is 3.58. The summed E-state index contributed by atoms with van der Waals surface area (Å²) in [5.74, 6) is -3.58. The molecule has 0 radical (unpaired) electrons. The lowest BCUT2D eigenvalue weighted by Crippen LogP contribution is -2.19. The van der Waals surface area contributed by atoms with Gasteiger partial charge in [-0.05, 0) is 24.3 Å². The highest BCUT2D eigenvalue weighted by atomic mass is 32.2. The van der Waals surface area contributed by atoms with Crippen molar-refractivity contribution in [3.63, 3.8) is 0 Å². The summed E-state index contributed by atoms with van der Waals surface area (Å²) in [5, 5.41) is 4.62. The molecule has 0 saturated heterocycles. The van der Waals surface area contributed by atoms with Crippen molar-refractivity contribution in [2.45, 2.75) is 17.1 Å². The Morgan fingerprint density at radius 1 is 1.23 bits per heavy atom. The molecule has 0 fully saturated rings. The van der Waals surface area contributed by atoms with Crippen molar-refractivity contribution in [2.75, 3.05) is 5.32 Å². The first kappa shape index (κ1) is 18.2. The van der Waals surface area contributed by atoms with Crippen LogP contribution in [0.25, 0.3) is 10.8 Å². The first-order valence-electron chi connectivity index (χ1n) is 7.27. The number of carbonyl (C=O) groups is 1. The average Bonchev–Trinajstić information content (AvgIpc) is 3.26. The highest BCUT2D eigenvalue weighted by Gasteiger charge is 2.29. The number of furan rings is 1. The van der Waals surface area contributed by atoms with E-state index in [-0.39, 0.29) is 12.1 Å². The summed E-state index contributed by atoms with van der Waals surface area (Å²) in [5.41, 5.74) is 0.257. The minimum Gasteiger partial charge on any atom is -0.462 e. The van der Waals surface area contributed by atoms with Gasteiger partial charge in [-0.2, -0.15) is 8.78 Å². The van der Waals surface area contributed by atoms with Crippen LogP contribution in [0.1, 0.15) is 5.69 Å². The van der Waals surface area contributed by atoms with Gasteiger partial charge in [0.2, 0.25) is 15.7 Å². The van der Waals surface area contributed by atoms with Crippen LogP contribution < -0.4 is 5.32 Å². The van der Waals surface area contributed by atoms with Crippen LogP contribution in [0.3, 0.4) is 0 Å². The number of thiazole rings is 1.